The molecule has 0 saturated carbocycles. The van der Waals surface area contributed by atoms with E-state index in [1.165, 1.54) is 6.42 Å². The fraction of sp³-hybridized carbons (Fsp3) is 0.318. The second-order valence-electron chi connectivity index (χ2n) is 7.27. The third-order valence-electron chi connectivity index (χ3n) is 5.17. The van der Waals surface area contributed by atoms with Gasteiger partial charge in [0.1, 0.15) is 0 Å². The van der Waals surface area contributed by atoms with Crippen LogP contribution in [0.4, 0.5) is 0 Å². The Kier molecular flexibility index (Phi) is 4.41. The Morgan fingerprint density at radius 3 is 2.88 bits per heavy atom. The van der Waals surface area contributed by atoms with E-state index in [9.17, 15) is 4.79 Å². The predicted molar refractivity (Wildman–Crippen MR) is 104 cm³/mol. The van der Waals surface area contributed by atoms with Crippen molar-refractivity contribution < 1.29 is 4.79 Å². The lowest BCUT2D eigenvalue weighted by atomic mass is 9.97. The molecule has 132 valence electrons. The van der Waals surface area contributed by atoms with E-state index in [1.54, 1.807) is 12.4 Å². The van der Waals surface area contributed by atoms with E-state index in [-0.39, 0.29) is 5.91 Å². The first-order chi connectivity index (χ1) is 12.6. The van der Waals surface area contributed by atoms with Crippen molar-refractivity contribution >= 4 is 16.8 Å². The van der Waals surface area contributed by atoms with E-state index in [1.807, 2.05) is 48.2 Å². The van der Waals surface area contributed by atoms with Gasteiger partial charge in [-0.15, -0.1) is 0 Å². The van der Waals surface area contributed by atoms with Crippen molar-refractivity contribution in [2.24, 2.45) is 5.92 Å². The number of fused-ring (bicyclic) bond motifs is 1. The molecule has 2 aromatic heterocycles. The van der Waals surface area contributed by atoms with Crippen LogP contribution in [-0.4, -0.2) is 33.9 Å². The van der Waals surface area contributed by atoms with Crippen LogP contribution in [0.2, 0.25) is 0 Å². The molecule has 0 bridgehead atoms. The number of hydrogen-bond acceptors (Lipinski definition) is 3. The maximum atomic E-state index is 13.3. The molecule has 4 nitrogen and oxygen atoms in total. The summed E-state index contributed by atoms with van der Waals surface area (Å²) < 4.78 is 0. The van der Waals surface area contributed by atoms with E-state index in [0.717, 1.165) is 52.8 Å². The Morgan fingerprint density at radius 1 is 1.23 bits per heavy atom. The van der Waals surface area contributed by atoms with E-state index >= 15 is 0 Å². The molecule has 3 heterocycles. The van der Waals surface area contributed by atoms with Crippen molar-refractivity contribution in [2.45, 2.75) is 26.7 Å². The average molecular weight is 345 g/mol. The Morgan fingerprint density at radius 2 is 2.12 bits per heavy atom. The SMILES string of the molecule is Cc1cccc2c(C(=O)N3CCC[C@H](C)C3)cc(-c3cccnc3)nc12. The molecule has 0 unspecified atom stereocenters. The molecule has 0 radical (unpaired) electrons. The molecular formula is C22H23N3O. The minimum Gasteiger partial charge on any atom is -0.338 e. The topological polar surface area (TPSA) is 46.1 Å². The maximum absolute atomic E-state index is 13.3. The summed E-state index contributed by atoms with van der Waals surface area (Å²) in [4.78, 5) is 24.4. The summed E-state index contributed by atoms with van der Waals surface area (Å²) in [6.45, 7) is 5.92. The average Bonchev–Trinajstić information content (AvgIpc) is 2.68. The number of carbonyl (C=O) groups is 1. The van der Waals surface area contributed by atoms with Crippen LogP contribution < -0.4 is 0 Å². The lowest BCUT2D eigenvalue weighted by molar-refractivity contribution is 0.0685. The van der Waals surface area contributed by atoms with Gasteiger partial charge in [-0.1, -0.05) is 25.1 Å². The number of piperidine rings is 1. The second kappa shape index (κ2) is 6.87. The third-order valence-corrected chi connectivity index (χ3v) is 5.17. The Balaban J connectivity index is 1.87. The second-order valence-corrected chi connectivity index (χ2v) is 7.27. The molecule has 0 spiro atoms. The van der Waals surface area contributed by atoms with Crippen LogP contribution in [-0.2, 0) is 0 Å². The maximum Gasteiger partial charge on any atom is 0.254 e. The van der Waals surface area contributed by atoms with Gasteiger partial charge in [0.15, 0.2) is 0 Å². The number of likely N-dealkylation sites (tertiary alicyclic amines) is 1. The number of pyridine rings is 2. The molecule has 1 saturated heterocycles. The number of aryl methyl sites for hydroxylation is 1. The molecule has 26 heavy (non-hydrogen) atoms. The molecule has 1 aromatic carbocycles. The van der Waals surface area contributed by atoms with Gasteiger partial charge >= 0.3 is 0 Å². The highest BCUT2D eigenvalue weighted by Crippen LogP contribution is 2.28. The molecule has 1 fully saturated rings. The molecule has 1 atom stereocenters. The van der Waals surface area contributed by atoms with Crippen LogP contribution in [0.25, 0.3) is 22.2 Å². The smallest absolute Gasteiger partial charge is 0.254 e. The van der Waals surface area contributed by atoms with Crippen molar-refractivity contribution in [1.82, 2.24) is 14.9 Å². The van der Waals surface area contributed by atoms with Gasteiger partial charge in [-0.25, -0.2) is 4.98 Å². The van der Waals surface area contributed by atoms with Gasteiger partial charge < -0.3 is 4.90 Å². The van der Waals surface area contributed by atoms with E-state index in [4.69, 9.17) is 4.98 Å². The molecule has 0 N–H and O–H groups in total. The van der Waals surface area contributed by atoms with Crippen molar-refractivity contribution in [3.63, 3.8) is 0 Å². The lowest BCUT2D eigenvalue weighted by Crippen LogP contribution is -2.39. The number of aromatic nitrogens is 2. The highest BCUT2D eigenvalue weighted by Gasteiger charge is 2.24. The Labute approximate surface area is 153 Å². The minimum absolute atomic E-state index is 0.111. The van der Waals surface area contributed by atoms with Crippen LogP contribution in [0.15, 0.2) is 48.8 Å². The summed E-state index contributed by atoms with van der Waals surface area (Å²) in [6.07, 6.45) is 5.81. The van der Waals surface area contributed by atoms with Gasteiger partial charge in [-0.05, 0) is 49.4 Å². The number of para-hydroxylation sites is 1. The highest BCUT2D eigenvalue weighted by molar-refractivity contribution is 6.07. The summed E-state index contributed by atoms with van der Waals surface area (Å²) >= 11 is 0. The van der Waals surface area contributed by atoms with Gasteiger partial charge in [-0.2, -0.15) is 0 Å². The minimum atomic E-state index is 0.111. The van der Waals surface area contributed by atoms with Crippen LogP contribution in [0.5, 0.6) is 0 Å². The third kappa shape index (κ3) is 3.07. The van der Waals surface area contributed by atoms with Gasteiger partial charge in [-0.3, -0.25) is 9.78 Å². The van der Waals surface area contributed by atoms with Crippen molar-refractivity contribution in [3.05, 3.63) is 59.9 Å². The number of benzene rings is 1. The van der Waals surface area contributed by atoms with Gasteiger partial charge in [0.25, 0.3) is 5.91 Å². The summed E-state index contributed by atoms with van der Waals surface area (Å²) in [5.41, 5.74) is 4.44. The Hall–Kier alpha value is -2.75. The monoisotopic (exact) mass is 345 g/mol. The first-order valence-corrected chi connectivity index (χ1v) is 9.23. The highest BCUT2D eigenvalue weighted by atomic mass is 16.2. The molecule has 4 heteroatoms. The Bertz CT molecular complexity index is 952. The van der Waals surface area contributed by atoms with E-state index in [2.05, 4.69) is 11.9 Å². The molecule has 1 aliphatic rings. The van der Waals surface area contributed by atoms with Gasteiger partial charge in [0.2, 0.25) is 0 Å². The first kappa shape index (κ1) is 16.7. The molecule has 1 amide bonds. The normalized spacial score (nSPS) is 17.5. The van der Waals surface area contributed by atoms with Gasteiger partial charge in [0.05, 0.1) is 16.8 Å². The summed E-state index contributed by atoms with van der Waals surface area (Å²) in [6, 6.07) is 11.9. The number of rotatable bonds is 2. The summed E-state index contributed by atoms with van der Waals surface area (Å²) in [7, 11) is 0. The molecule has 1 aliphatic heterocycles. The number of carbonyl (C=O) groups excluding carboxylic acids is 1. The largest absolute Gasteiger partial charge is 0.338 e. The van der Waals surface area contributed by atoms with Crippen LogP contribution in [0.3, 0.4) is 0 Å². The van der Waals surface area contributed by atoms with Crippen LogP contribution >= 0.6 is 0 Å². The van der Waals surface area contributed by atoms with E-state index < -0.39 is 0 Å². The molecule has 0 aliphatic carbocycles. The standard InChI is InChI=1S/C22H23N3O/c1-15-6-5-11-25(14-15)22(26)19-12-20(17-8-4-10-23-13-17)24-21-16(2)7-3-9-18(19)21/h3-4,7-10,12-13,15H,5-6,11,14H2,1-2H3/t15-/m0/s1. The van der Waals surface area contributed by atoms with Crippen LogP contribution in [0.1, 0.15) is 35.7 Å². The fourth-order valence-electron chi connectivity index (χ4n) is 3.78. The zero-order chi connectivity index (χ0) is 18.1. The van der Waals surface area contributed by atoms with Gasteiger partial charge in [0, 0.05) is 36.4 Å². The zero-order valence-corrected chi connectivity index (χ0v) is 15.3. The number of amides is 1. The zero-order valence-electron chi connectivity index (χ0n) is 15.3. The summed E-state index contributed by atoms with van der Waals surface area (Å²) in [5.74, 6) is 0.667. The van der Waals surface area contributed by atoms with E-state index in [0.29, 0.717) is 5.92 Å². The fourth-order valence-corrected chi connectivity index (χ4v) is 3.78. The van der Waals surface area contributed by atoms with Crippen LogP contribution in [0, 0.1) is 12.8 Å². The predicted octanol–water partition coefficient (Wildman–Crippen LogP) is 4.48. The van der Waals surface area contributed by atoms with Crippen molar-refractivity contribution in [2.75, 3.05) is 13.1 Å². The number of nitrogens with zero attached hydrogens (tertiary/aromatic N) is 3. The van der Waals surface area contributed by atoms with Crippen molar-refractivity contribution in [1.29, 1.82) is 0 Å². The molecule has 3 aromatic rings. The lowest BCUT2D eigenvalue weighted by Gasteiger charge is -2.31. The van der Waals surface area contributed by atoms with Crippen molar-refractivity contribution in [3.8, 4) is 11.3 Å². The molecular weight excluding hydrogens is 322 g/mol. The quantitative estimate of drug-likeness (QED) is 0.688. The molecule has 4 rings (SSSR count). The number of hydrogen-bond donors (Lipinski definition) is 0. The summed E-state index contributed by atoms with van der Waals surface area (Å²) in [5, 5.41) is 0.931. The first-order valence-electron chi connectivity index (χ1n) is 9.23.